The van der Waals surface area contributed by atoms with Crippen LogP contribution in [0.4, 0.5) is 0 Å². The maximum atomic E-state index is 8.87. The third-order valence-corrected chi connectivity index (χ3v) is 3.22. The van der Waals surface area contributed by atoms with E-state index in [0.29, 0.717) is 6.42 Å². The first kappa shape index (κ1) is 14.1. The Kier molecular flexibility index (Phi) is 5.58. The van der Waals surface area contributed by atoms with Gasteiger partial charge in [0, 0.05) is 23.4 Å². The number of nitrogens with zero attached hydrogens (tertiary/aromatic N) is 1. The van der Waals surface area contributed by atoms with Crippen molar-refractivity contribution in [3.05, 3.63) is 41.4 Å². The molecule has 2 rings (SSSR count). The van der Waals surface area contributed by atoms with Crippen LogP contribution in [0.1, 0.15) is 5.69 Å². The Morgan fingerprint density at radius 2 is 2.00 bits per heavy atom. The number of aliphatic hydroxyl groups excluding tert-OH is 1. The molecule has 0 aliphatic rings. The number of nitrogens with two attached hydrogens (primary N) is 1. The predicted molar refractivity (Wildman–Crippen MR) is 73.6 cm³/mol. The normalized spacial score (nSPS) is 11.9. The Morgan fingerprint density at radius 3 is 2.65 bits per heavy atom. The highest BCUT2D eigenvalue weighted by molar-refractivity contribution is 7.13. The van der Waals surface area contributed by atoms with E-state index >= 15 is 0 Å². The van der Waals surface area contributed by atoms with Gasteiger partial charge >= 0.3 is 0 Å². The molecule has 1 unspecified atom stereocenters. The minimum atomic E-state index is -0.217. The second-order valence-electron chi connectivity index (χ2n) is 3.66. The van der Waals surface area contributed by atoms with Crippen LogP contribution in [-0.4, -0.2) is 22.7 Å². The van der Waals surface area contributed by atoms with Crippen LogP contribution in [0.5, 0.6) is 0 Å². The minimum absolute atomic E-state index is 0. The zero-order valence-corrected chi connectivity index (χ0v) is 10.9. The van der Waals surface area contributed by atoms with Crippen molar-refractivity contribution in [1.29, 1.82) is 0 Å². The van der Waals surface area contributed by atoms with Gasteiger partial charge in [-0.05, 0) is 0 Å². The molecule has 0 saturated heterocycles. The highest BCUT2D eigenvalue weighted by Crippen LogP contribution is 2.23. The SMILES string of the molecule is Cl.NC(CO)Cc1csc(-c2ccccc2)n1. The zero-order valence-electron chi connectivity index (χ0n) is 9.24. The van der Waals surface area contributed by atoms with Crippen molar-refractivity contribution in [1.82, 2.24) is 4.98 Å². The lowest BCUT2D eigenvalue weighted by Gasteiger charge is -2.03. The summed E-state index contributed by atoms with van der Waals surface area (Å²) < 4.78 is 0. The molecule has 17 heavy (non-hydrogen) atoms. The van der Waals surface area contributed by atoms with E-state index in [1.165, 1.54) is 0 Å². The van der Waals surface area contributed by atoms with Crippen LogP contribution >= 0.6 is 23.7 Å². The topological polar surface area (TPSA) is 59.1 Å². The molecule has 1 atom stereocenters. The van der Waals surface area contributed by atoms with Crippen molar-refractivity contribution in [2.45, 2.75) is 12.5 Å². The molecule has 0 saturated carbocycles. The van der Waals surface area contributed by atoms with Gasteiger partial charge in [0.25, 0.3) is 0 Å². The molecule has 0 aliphatic carbocycles. The molecular weight excluding hydrogens is 256 g/mol. The van der Waals surface area contributed by atoms with Crippen molar-refractivity contribution in [3.8, 4) is 10.6 Å². The number of benzene rings is 1. The number of thiazole rings is 1. The summed E-state index contributed by atoms with van der Waals surface area (Å²) in [6.45, 7) is -0.00179. The summed E-state index contributed by atoms with van der Waals surface area (Å²) in [6.07, 6.45) is 0.625. The Hall–Kier alpha value is -0.940. The third-order valence-electron chi connectivity index (χ3n) is 2.28. The maximum Gasteiger partial charge on any atom is 0.123 e. The Balaban J connectivity index is 0.00000144. The van der Waals surface area contributed by atoms with Crippen LogP contribution in [0.3, 0.4) is 0 Å². The van der Waals surface area contributed by atoms with Crippen LogP contribution in [-0.2, 0) is 6.42 Å². The summed E-state index contributed by atoms with van der Waals surface area (Å²) in [5, 5.41) is 11.9. The highest BCUT2D eigenvalue weighted by atomic mass is 35.5. The average Bonchev–Trinajstić information content (AvgIpc) is 2.78. The fourth-order valence-corrected chi connectivity index (χ4v) is 2.29. The van der Waals surface area contributed by atoms with E-state index in [1.807, 2.05) is 35.7 Å². The lowest BCUT2D eigenvalue weighted by atomic mass is 10.2. The van der Waals surface area contributed by atoms with Crippen molar-refractivity contribution < 1.29 is 5.11 Å². The van der Waals surface area contributed by atoms with Gasteiger partial charge in [0.05, 0.1) is 12.3 Å². The van der Waals surface area contributed by atoms with Crippen LogP contribution in [0.25, 0.3) is 10.6 Å². The van der Waals surface area contributed by atoms with E-state index in [4.69, 9.17) is 10.8 Å². The first-order valence-electron chi connectivity index (χ1n) is 5.16. The quantitative estimate of drug-likeness (QED) is 0.894. The summed E-state index contributed by atoms with van der Waals surface area (Å²) in [5.74, 6) is 0. The smallest absolute Gasteiger partial charge is 0.123 e. The Morgan fingerprint density at radius 1 is 1.29 bits per heavy atom. The molecule has 5 heteroatoms. The van der Waals surface area contributed by atoms with Gasteiger partial charge in [-0.3, -0.25) is 0 Å². The summed E-state index contributed by atoms with van der Waals surface area (Å²) >= 11 is 1.61. The van der Waals surface area contributed by atoms with E-state index in [2.05, 4.69) is 4.98 Å². The molecular formula is C12H15ClN2OS. The van der Waals surface area contributed by atoms with Crippen molar-refractivity contribution in [3.63, 3.8) is 0 Å². The van der Waals surface area contributed by atoms with Gasteiger partial charge in [0.2, 0.25) is 0 Å². The van der Waals surface area contributed by atoms with E-state index in [0.717, 1.165) is 16.3 Å². The average molecular weight is 271 g/mol. The van der Waals surface area contributed by atoms with Gasteiger partial charge in [-0.15, -0.1) is 23.7 Å². The number of hydrogen-bond donors (Lipinski definition) is 2. The van der Waals surface area contributed by atoms with Crippen molar-refractivity contribution in [2.75, 3.05) is 6.61 Å². The first-order valence-corrected chi connectivity index (χ1v) is 6.04. The number of aliphatic hydroxyl groups is 1. The molecule has 0 radical (unpaired) electrons. The minimum Gasteiger partial charge on any atom is -0.395 e. The predicted octanol–water partition coefficient (Wildman–Crippen LogP) is 2.09. The molecule has 92 valence electrons. The van der Waals surface area contributed by atoms with Crippen LogP contribution in [0.15, 0.2) is 35.7 Å². The number of hydrogen-bond acceptors (Lipinski definition) is 4. The van der Waals surface area contributed by atoms with E-state index in [-0.39, 0.29) is 25.1 Å². The molecule has 1 heterocycles. The first-order chi connectivity index (χ1) is 7.79. The molecule has 1 aromatic heterocycles. The van der Waals surface area contributed by atoms with Gasteiger partial charge in [-0.25, -0.2) is 4.98 Å². The van der Waals surface area contributed by atoms with Crippen molar-refractivity contribution in [2.24, 2.45) is 5.73 Å². The fourth-order valence-electron chi connectivity index (χ4n) is 1.45. The third kappa shape index (κ3) is 3.78. The van der Waals surface area contributed by atoms with E-state index < -0.39 is 0 Å². The Labute approximate surface area is 111 Å². The second kappa shape index (κ2) is 6.71. The summed E-state index contributed by atoms with van der Waals surface area (Å²) in [7, 11) is 0. The standard InChI is InChI=1S/C12H14N2OS.ClH/c13-10(7-15)6-11-8-16-12(14-11)9-4-2-1-3-5-9;/h1-5,8,10,15H,6-7,13H2;1H. The number of aromatic nitrogens is 1. The second-order valence-corrected chi connectivity index (χ2v) is 4.51. The van der Waals surface area contributed by atoms with Gasteiger partial charge in [-0.1, -0.05) is 30.3 Å². The molecule has 3 nitrogen and oxygen atoms in total. The monoisotopic (exact) mass is 270 g/mol. The summed E-state index contributed by atoms with van der Waals surface area (Å²) in [5.41, 5.74) is 7.74. The fraction of sp³-hybridized carbons (Fsp3) is 0.250. The lowest BCUT2D eigenvalue weighted by Crippen LogP contribution is -2.26. The molecule has 0 bridgehead atoms. The van der Waals surface area contributed by atoms with E-state index in [9.17, 15) is 0 Å². The molecule has 0 fully saturated rings. The lowest BCUT2D eigenvalue weighted by molar-refractivity contribution is 0.265. The van der Waals surface area contributed by atoms with Gasteiger partial charge in [0.15, 0.2) is 0 Å². The largest absolute Gasteiger partial charge is 0.395 e. The molecule has 2 aromatic rings. The van der Waals surface area contributed by atoms with Gasteiger partial charge in [0.1, 0.15) is 5.01 Å². The maximum absolute atomic E-state index is 8.87. The van der Waals surface area contributed by atoms with Gasteiger partial charge < -0.3 is 10.8 Å². The van der Waals surface area contributed by atoms with Crippen LogP contribution in [0.2, 0.25) is 0 Å². The molecule has 1 aromatic carbocycles. The molecule has 0 spiro atoms. The summed E-state index contributed by atoms with van der Waals surface area (Å²) in [6, 6.07) is 9.83. The molecule has 0 amide bonds. The molecule has 3 N–H and O–H groups in total. The van der Waals surface area contributed by atoms with Crippen molar-refractivity contribution >= 4 is 23.7 Å². The van der Waals surface area contributed by atoms with Crippen LogP contribution in [0, 0.1) is 0 Å². The summed E-state index contributed by atoms with van der Waals surface area (Å²) in [4.78, 5) is 4.50. The van der Waals surface area contributed by atoms with Gasteiger partial charge in [-0.2, -0.15) is 0 Å². The number of halogens is 1. The highest BCUT2D eigenvalue weighted by Gasteiger charge is 2.07. The Bertz CT molecular complexity index is 447. The molecule has 0 aliphatic heterocycles. The van der Waals surface area contributed by atoms with Crippen LogP contribution < -0.4 is 5.73 Å². The number of rotatable bonds is 4. The zero-order chi connectivity index (χ0) is 11.4. The van der Waals surface area contributed by atoms with E-state index in [1.54, 1.807) is 11.3 Å².